The molecule has 1 fully saturated rings. The van der Waals surface area contributed by atoms with Crippen LogP contribution < -0.4 is 0 Å². The predicted octanol–water partition coefficient (Wildman–Crippen LogP) is 6.36. The molecular formula is C38H69O12P. The quantitative estimate of drug-likeness (QED) is 0.0199. The molecule has 0 aromatic heterocycles. The Morgan fingerprint density at radius 1 is 0.647 bits per heavy atom. The summed E-state index contributed by atoms with van der Waals surface area (Å²) < 4.78 is 33.9. The van der Waals surface area contributed by atoms with Gasteiger partial charge in [-0.25, -0.2) is 4.57 Å². The standard InChI is InChI=1S/C38H69O12P/c1-3-5-7-9-11-13-14-15-16-17-18-19-21-23-25-27-32(39)49-31(29-47-28-26-24-22-20-12-10-8-6-4-2)30-48-51(45,46)50-38-36(43)34(41)33(40)35(42)37(38)44/h5,7,11,13,15-16,31,33-38,40-44H,3-4,6,8-10,12,14,17-30H2,1-2H3,(H,45,46)/b7-5-,13-11-,16-15-. The summed E-state index contributed by atoms with van der Waals surface area (Å²) in [6.07, 6.45) is 19.5. The van der Waals surface area contributed by atoms with Crippen molar-refractivity contribution in [3.05, 3.63) is 36.5 Å². The number of rotatable bonds is 31. The summed E-state index contributed by atoms with van der Waals surface area (Å²) in [4.78, 5) is 23.0. The molecule has 6 atom stereocenters. The van der Waals surface area contributed by atoms with E-state index in [1.165, 1.54) is 38.5 Å². The van der Waals surface area contributed by atoms with E-state index in [1.54, 1.807) is 0 Å². The summed E-state index contributed by atoms with van der Waals surface area (Å²) >= 11 is 0. The molecule has 0 bridgehead atoms. The number of carbonyl (C=O) groups excluding carboxylic acids is 1. The van der Waals surface area contributed by atoms with E-state index in [0.29, 0.717) is 13.0 Å². The molecule has 0 aromatic rings. The highest BCUT2D eigenvalue weighted by Crippen LogP contribution is 2.47. The first-order chi connectivity index (χ1) is 24.5. The third-order valence-corrected chi connectivity index (χ3v) is 9.76. The number of carbonyl (C=O) groups is 1. The van der Waals surface area contributed by atoms with Crippen LogP contribution in [0.3, 0.4) is 0 Å². The molecule has 0 spiro atoms. The lowest BCUT2D eigenvalue weighted by Crippen LogP contribution is -2.64. The number of allylic oxidation sites excluding steroid dienone is 6. The van der Waals surface area contributed by atoms with Crippen LogP contribution in [0.4, 0.5) is 0 Å². The summed E-state index contributed by atoms with van der Waals surface area (Å²) in [6, 6.07) is 0. The first-order valence-electron chi connectivity index (χ1n) is 19.3. The first kappa shape index (κ1) is 47.6. The largest absolute Gasteiger partial charge is 0.472 e. The van der Waals surface area contributed by atoms with Crippen molar-refractivity contribution in [1.29, 1.82) is 0 Å². The second-order valence-corrected chi connectivity index (χ2v) is 14.8. The molecule has 0 aliphatic heterocycles. The zero-order valence-electron chi connectivity index (χ0n) is 31.1. The summed E-state index contributed by atoms with van der Waals surface area (Å²) in [6.45, 7) is 4.07. The van der Waals surface area contributed by atoms with Gasteiger partial charge in [0, 0.05) is 13.0 Å². The molecule has 6 unspecified atom stereocenters. The SMILES string of the molecule is CC/C=C\C/C=C\C/C=C\CCCCCCCC(=O)OC(COCCCCCCCCCCC)COP(=O)(O)OC1C(O)C(O)C(O)C(O)C1O. The average molecular weight is 749 g/mol. The second-order valence-electron chi connectivity index (χ2n) is 13.4. The number of esters is 1. The minimum Gasteiger partial charge on any atom is -0.457 e. The van der Waals surface area contributed by atoms with Gasteiger partial charge >= 0.3 is 13.8 Å². The van der Waals surface area contributed by atoms with Gasteiger partial charge in [-0.2, -0.15) is 0 Å². The van der Waals surface area contributed by atoms with E-state index in [9.17, 15) is 39.8 Å². The Kier molecular flexibility index (Phi) is 27.9. The maximum Gasteiger partial charge on any atom is 0.472 e. The van der Waals surface area contributed by atoms with Crippen LogP contribution >= 0.6 is 7.82 Å². The summed E-state index contributed by atoms with van der Waals surface area (Å²) in [7, 11) is -5.01. The zero-order chi connectivity index (χ0) is 37.7. The predicted molar refractivity (Wildman–Crippen MR) is 198 cm³/mol. The molecule has 13 heteroatoms. The van der Waals surface area contributed by atoms with Gasteiger partial charge in [0.25, 0.3) is 0 Å². The lowest BCUT2D eigenvalue weighted by molar-refractivity contribution is -0.220. The normalized spacial score (nSPS) is 24.5. The fourth-order valence-corrected chi connectivity index (χ4v) is 6.63. The van der Waals surface area contributed by atoms with Gasteiger partial charge in [-0.3, -0.25) is 13.8 Å². The van der Waals surface area contributed by atoms with Gasteiger partial charge in [0.15, 0.2) is 0 Å². The van der Waals surface area contributed by atoms with Crippen LogP contribution in [0.25, 0.3) is 0 Å². The van der Waals surface area contributed by atoms with Crippen molar-refractivity contribution in [2.75, 3.05) is 19.8 Å². The lowest BCUT2D eigenvalue weighted by Gasteiger charge is -2.41. The van der Waals surface area contributed by atoms with E-state index in [0.717, 1.165) is 70.6 Å². The number of aliphatic hydroxyl groups is 5. The van der Waals surface area contributed by atoms with E-state index in [2.05, 4.69) is 50.3 Å². The maximum atomic E-state index is 12.7. The highest BCUT2D eigenvalue weighted by atomic mass is 31.2. The Morgan fingerprint density at radius 3 is 1.76 bits per heavy atom. The van der Waals surface area contributed by atoms with E-state index >= 15 is 0 Å². The number of ether oxygens (including phenoxy) is 2. The van der Waals surface area contributed by atoms with Crippen molar-refractivity contribution < 1.29 is 58.3 Å². The minimum absolute atomic E-state index is 0.0831. The lowest BCUT2D eigenvalue weighted by atomic mass is 9.85. The van der Waals surface area contributed by atoms with Crippen LogP contribution in [-0.2, 0) is 27.9 Å². The summed E-state index contributed by atoms with van der Waals surface area (Å²) in [5.41, 5.74) is 0. The Morgan fingerprint density at radius 2 is 1.16 bits per heavy atom. The van der Waals surface area contributed by atoms with E-state index < -0.39 is 63.1 Å². The fraction of sp³-hybridized carbons (Fsp3) is 0.816. The Balaban J connectivity index is 2.48. The Bertz CT molecular complexity index is 989. The second kappa shape index (κ2) is 29.9. The van der Waals surface area contributed by atoms with Gasteiger partial charge in [-0.05, 0) is 44.9 Å². The molecule has 0 amide bonds. The third kappa shape index (κ3) is 23.1. The van der Waals surface area contributed by atoms with Crippen LogP contribution in [-0.4, -0.2) is 98.9 Å². The topological polar surface area (TPSA) is 192 Å². The van der Waals surface area contributed by atoms with Gasteiger partial charge in [-0.15, -0.1) is 0 Å². The number of phosphoric ester groups is 1. The van der Waals surface area contributed by atoms with Gasteiger partial charge in [0.05, 0.1) is 13.2 Å². The molecule has 1 aliphatic carbocycles. The number of unbranched alkanes of at least 4 members (excludes halogenated alkanes) is 13. The molecule has 51 heavy (non-hydrogen) atoms. The number of phosphoric acid groups is 1. The average Bonchev–Trinajstić information content (AvgIpc) is 3.11. The molecule has 298 valence electrons. The number of hydrogen-bond donors (Lipinski definition) is 6. The molecule has 0 aromatic carbocycles. The molecule has 0 heterocycles. The maximum absolute atomic E-state index is 12.7. The number of aliphatic hydroxyl groups excluding tert-OH is 5. The van der Waals surface area contributed by atoms with Crippen molar-refractivity contribution in [2.24, 2.45) is 0 Å². The van der Waals surface area contributed by atoms with Crippen LogP contribution in [0.5, 0.6) is 0 Å². The van der Waals surface area contributed by atoms with Gasteiger partial charge in [0.1, 0.15) is 42.7 Å². The molecule has 6 N–H and O–H groups in total. The highest BCUT2D eigenvalue weighted by Gasteiger charge is 2.51. The van der Waals surface area contributed by atoms with Gasteiger partial charge in [0.2, 0.25) is 0 Å². The fourth-order valence-electron chi connectivity index (χ4n) is 5.66. The van der Waals surface area contributed by atoms with Gasteiger partial charge in [-0.1, -0.05) is 121 Å². The van der Waals surface area contributed by atoms with Crippen molar-refractivity contribution in [3.8, 4) is 0 Å². The molecule has 12 nitrogen and oxygen atoms in total. The Hall–Kier alpha value is -1.44. The van der Waals surface area contributed by atoms with Gasteiger partial charge < -0.3 is 39.9 Å². The summed E-state index contributed by atoms with van der Waals surface area (Å²) in [5, 5.41) is 49.9. The smallest absolute Gasteiger partial charge is 0.457 e. The Labute approximate surface area is 306 Å². The monoisotopic (exact) mass is 748 g/mol. The molecule has 0 saturated heterocycles. The molecule has 1 aliphatic rings. The van der Waals surface area contributed by atoms with E-state index in [1.807, 2.05) is 0 Å². The van der Waals surface area contributed by atoms with E-state index in [-0.39, 0.29) is 13.0 Å². The highest BCUT2D eigenvalue weighted by molar-refractivity contribution is 7.47. The van der Waals surface area contributed by atoms with Crippen LogP contribution in [0, 0.1) is 0 Å². The van der Waals surface area contributed by atoms with Crippen LogP contribution in [0.2, 0.25) is 0 Å². The molecule has 1 rings (SSSR count). The molecule has 1 saturated carbocycles. The van der Waals surface area contributed by atoms with Crippen LogP contribution in [0.15, 0.2) is 36.5 Å². The van der Waals surface area contributed by atoms with Crippen molar-refractivity contribution in [1.82, 2.24) is 0 Å². The zero-order valence-corrected chi connectivity index (χ0v) is 32.0. The van der Waals surface area contributed by atoms with Crippen molar-refractivity contribution in [2.45, 2.75) is 179 Å². The summed E-state index contributed by atoms with van der Waals surface area (Å²) in [5.74, 6) is -0.497. The number of hydrogen-bond acceptors (Lipinski definition) is 11. The van der Waals surface area contributed by atoms with Crippen LogP contribution in [0.1, 0.15) is 136 Å². The minimum atomic E-state index is -5.01. The van der Waals surface area contributed by atoms with Crippen molar-refractivity contribution >= 4 is 13.8 Å². The third-order valence-electron chi connectivity index (χ3n) is 8.78. The first-order valence-corrected chi connectivity index (χ1v) is 20.8. The molecule has 0 radical (unpaired) electrons. The molecular weight excluding hydrogens is 679 g/mol. The van der Waals surface area contributed by atoms with Crippen molar-refractivity contribution in [3.63, 3.8) is 0 Å². The van der Waals surface area contributed by atoms with E-state index in [4.69, 9.17) is 18.5 Å².